The fourth-order valence-corrected chi connectivity index (χ4v) is 13.8. The van der Waals surface area contributed by atoms with Gasteiger partial charge in [0.25, 0.3) is 0 Å². The van der Waals surface area contributed by atoms with Crippen molar-refractivity contribution in [2.75, 3.05) is 4.90 Å². The van der Waals surface area contributed by atoms with Crippen LogP contribution in [0.15, 0.2) is 212 Å². The summed E-state index contributed by atoms with van der Waals surface area (Å²) in [5, 5.41) is 33.3. The number of hydrogen-bond acceptors (Lipinski definition) is 3. The molecule has 0 saturated carbocycles. The molecule has 0 amide bonds. The van der Waals surface area contributed by atoms with Gasteiger partial charge in [0.1, 0.15) is 12.1 Å². The minimum atomic E-state index is -0.745. The van der Waals surface area contributed by atoms with E-state index in [1.807, 2.05) is 6.07 Å². The zero-order chi connectivity index (χ0) is 50.5. The van der Waals surface area contributed by atoms with Crippen LogP contribution in [0, 0.1) is 22.7 Å². The van der Waals surface area contributed by atoms with E-state index in [4.69, 9.17) is 0 Å². The molecule has 15 rings (SSSR count). The number of benzene rings is 10. The summed E-state index contributed by atoms with van der Waals surface area (Å²) in [4.78, 5) is 2.42. The number of aromatic nitrogens is 4. The van der Waals surface area contributed by atoms with Gasteiger partial charge in [0.2, 0.25) is 0 Å². The predicted octanol–water partition coefficient (Wildman–Crippen LogP) is 16.8. The molecule has 10 aromatic carbocycles. The monoisotopic (exact) mass is 961 g/mol. The van der Waals surface area contributed by atoms with E-state index < -0.39 is 11.1 Å². The van der Waals surface area contributed by atoms with Crippen LogP contribution in [0.3, 0.4) is 0 Å². The van der Waals surface area contributed by atoms with Gasteiger partial charge in [0, 0.05) is 71.3 Å². The van der Waals surface area contributed by atoms with Crippen LogP contribution in [-0.2, 0) is 11.1 Å². The maximum Gasteiger partial charge on any atom is 0.102 e. The smallest absolute Gasteiger partial charge is 0.102 e. The lowest BCUT2D eigenvalue weighted by Gasteiger charge is -2.43. The van der Waals surface area contributed by atoms with Gasteiger partial charge in [-0.2, -0.15) is 10.5 Å². The van der Waals surface area contributed by atoms with Crippen molar-refractivity contribution >= 4 is 92.9 Å². The molecule has 0 fully saturated rings. The molecule has 0 unspecified atom stereocenters. The van der Waals surface area contributed by atoms with Crippen LogP contribution < -0.4 is 4.90 Å². The fourth-order valence-electron chi connectivity index (χ4n) is 13.8. The summed E-state index contributed by atoms with van der Waals surface area (Å²) in [5.74, 6) is 0. The van der Waals surface area contributed by atoms with Crippen molar-refractivity contribution < 1.29 is 0 Å². The fraction of sp³-hybridized carbons (Fsp3) is 0.0882. The van der Waals surface area contributed by atoms with Gasteiger partial charge in [-0.05, 0) is 113 Å². The highest BCUT2D eigenvalue weighted by atomic mass is 15.3. The van der Waals surface area contributed by atoms with Gasteiger partial charge in [0.15, 0.2) is 0 Å². The molecule has 0 radical (unpaired) electrons. The summed E-state index contributed by atoms with van der Waals surface area (Å²) in [6.45, 7) is 8.86. The van der Waals surface area contributed by atoms with E-state index in [2.05, 4.69) is 269 Å². The lowest BCUT2D eigenvalue weighted by molar-refractivity contribution is 0.402. The molecule has 0 spiro atoms. The van der Waals surface area contributed by atoms with Gasteiger partial charge in [0.05, 0.1) is 77.7 Å². The number of nitrogens with zero attached hydrogens (tertiary/aromatic N) is 7. The third-order valence-electron chi connectivity index (χ3n) is 16.4. The minimum Gasteiger partial charge on any atom is -0.353 e. The van der Waals surface area contributed by atoms with Gasteiger partial charge in [-0.3, -0.25) is 0 Å². The largest absolute Gasteiger partial charge is 0.353 e. The van der Waals surface area contributed by atoms with Crippen LogP contribution in [0.4, 0.5) is 5.69 Å². The Morgan fingerprint density at radius 1 is 0.293 bits per heavy atom. The van der Waals surface area contributed by atoms with E-state index in [1.54, 1.807) is 0 Å². The van der Waals surface area contributed by atoms with E-state index in [1.165, 1.54) is 0 Å². The maximum absolute atomic E-state index is 12.3. The first-order chi connectivity index (χ1) is 36.7. The second kappa shape index (κ2) is 15.4. The number of para-hydroxylation sites is 7. The molecule has 0 saturated heterocycles. The molecule has 14 aromatic rings. The van der Waals surface area contributed by atoms with Crippen LogP contribution in [0.1, 0.15) is 49.9 Å². The minimum absolute atomic E-state index is 0.539. The van der Waals surface area contributed by atoms with Gasteiger partial charge in [-0.15, -0.1) is 0 Å². The highest BCUT2D eigenvalue weighted by Gasteiger charge is 2.54. The van der Waals surface area contributed by atoms with Crippen LogP contribution >= 0.6 is 0 Å². The third-order valence-corrected chi connectivity index (χ3v) is 16.4. The summed E-state index contributed by atoms with van der Waals surface area (Å²) in [5.41, 5.74) is 14.0. The first-order valence-electron chi connectivity index (χ1n) is 25.7. The molecule has 0 aliphatic carbocycles. The lowest BCUT2D eigenvalue weighted by Crippen LogP contribution is -2.45. The zero-order valence-corrected chi connectivity index (χ0v) is 41.8. The molecule has 5 heterocycles. The Bertz CT molecular complexity index is 4550. The van der Waals surface area contributed by atoms with Crippen molar-refractivity contribution in [2.24, 2.45) is 0 Å². The normalized spacial score (nSPS) is 14.0. The van der Waals surface area contributed by atoms with Crippen molar-refractivity contribution in [3.8, 4) is 34.9 Å². The van der Waals surface area contributed by atoms with Crippen molar-refractivity contribution in [2.45, 2.75) is 38.8 Å². The molecule has 75 heavy (non-hydrogen) atoms. The second-order valence-corrected chi connectivity index (χ2v) is 21.1. The van der Waals surface area contributed by atoms with E-state index in [9.17, 15) is 10.5 Å². The summed E-state index contributed by atoms with van der Waals surface area (Å²) >= 11 is 0. The van der Waals surface area contributed by atoms with Crippen LogP contribution in [0.2, 0.25) is 0 Å². The number of anilines is 1. The van der Waals surface area contributed by atoms with Crippen molar-refractivity contribution in [1.29, 1.82) is 10.5 Å². The van der Waals surface area contributed by atoms with Crippen molar-refractivity contribution in [3.05, 3.63) is 235 Å². The van der Waals surface area contributed by atoms with E-state index in [0.717, 1.165) is 115 Å². The molecule has 1 aliphatic heterocycles. The summed E-state index contributed by atoms with van der Waals surface area (Å²) in [6.07, 6.45) is 0. The maximum atomic E-state index is 12.3. The molecule has 4 aromatic heterocycles. The first kappa shape index (κ1) is 42.8. The average Bonchev–Trinajstić information content (AvgIpc) is 4.19. The number of nitriles is 2. The lowest BCUT2D eigenvalue weighted by atomic mass is 9.82. The van der Waals surface area contributed by atoms with Gasteiger partial charge in [-0.25, -0.2) is 0 Å². The van der Waals surface area contributed by atoms with Gasteiger partial charge < -0.3 is 23.2 Å². The Hall–Kier alpha value is -9.82. The van der Waals surface area contributed by atoms with Crippen molar-refractivity contribution in [1.82, 2.24) is 18.3 Å². The van der Waals surface area contributed by atoms with Crippen LogP contribution in [-0.4, -0.2) is 18.3 Å². The van der Waals surface area contributed by atoms with E-state index >= 15 is 0 Å². The Morgan fingerprint density at radius 3 is 0.880 bits per heavy atom. The predicted molar refractivity (Wildman–Crippen MR) is 308 cm³/mol. The summed E-state index contributed by atoms with van der Waals surface area (Å²) in [7, 11) is 0. The molecule has 0 atom stereocenters. The summed E-state index contributed by atoms with van der Waals surface area (Å²) < 4.78 is 9.37. The van der Waals surface area contributed by atoms with Crippen LogP contribution in [0.25, 0.3) is 110 Å². The number of fused-ring (bicyclic) bond motifs is 13. The first-order valence-corrected chi connectivity index (χ1v) is 25.7. The van der Waals surface area contributed by atoms with E-state index in [-0.39, 0.29) is 0 Å². The summed E-state index contributed by atoms with van der Waals surface area (Å²) in [6, 6.07) is 81.2. The van der Waals surface area contributed by atoms with Crippen LogP contribution in [0.5, 0.6) is 0 Å². The third kappa shape index (κ3) is 5.62. The molecule has 7 nitrogen and oxygen atoms in total. The Morgan fingerprint density at radius 2 is 0.560 bits per heavy atom. The highest BCUT2D eigenvalue weighted by Crippen LogP contribution is 2.57. The number of rotatable bonds is 5. The molecular weight excluding hydrogens is 915 g/mol. The van der Waals surface area contributed by atoms with Gasteiger partial charge in [-0.1, -0.05) is 127 Å². The SMILES string of the molecule is CC1(C)c2c(C#N)c(-n3c4ccccc4c4cc5c(cc43)c3ccccc3n5-c3ccccc3)c(-n3c4ccccc4c4cc5c(cc43)c3ccccc3n5-c3ccccc3)c(C#N)c2C(C)(C)N1c1ccccc1. The Balaban J connectivity index is 1.16. The molecular formula is C68H47N7. The second-order valence-electron chi connectivity index (χ2n) is 21.1. The standard InChI is InChI=1S/C68H47N7/c1-67(2)63-53(40-69)65(73-57-34-20-16-30-47(57)51-36-59-49(38-61(51)73)45-28-14-18-32-55(45)71(59)42-22-8-5-9-23-42)66(54(41-70)64(63)68(3,4)75(67)44-26-12-7-13-27-44)74-58-35-21-17-31-48(58)52-37-60-50(39-62(52)74)46-29-15-19-33-56(46)72(60)43-24-10-6-11-25-43/h5-39H,1-4H3. The Labute approximate surface area is 432 Å². The number of hydrogen-bond donors (Lipinski definition) is 0. The zero-order valence-electron chi connectivity index (χ0n) is 41.8. The molecule has 1 aliphatic rings. The Kier molecular flexibility index (Phi) is 8.77. The molecule has 354 valence electrons. The molecule has 0 N–H and O–H groups in total. The quantitative estimate of drug-likeness (QED) is 0.173. The highest BCUT2D eigenvalue weighted by molar-refractivity contribution is 6.21. The van der Waals surface area contributed by atoms with Gasteiger partial charge >= 0.3 is 0 Å². The van der Waals surface area contributed by atoms with E-state index in [0.29, 0.717) is 22.5 Å². The molecule has 7 heteroatoms. The molecule has 0 bridgehead atoms. The van der Waals surface area contributed by atoms with Crippen molar-refractivity contribution in [3.63, 3.8) is 0 Å². The topological polar surface area (TPSA) is 70.5 Å². The average molecular weight is 962 g/mol.